The maximum atomic E-state index is 13.2. The van der Waals surface area contributed by atoms with Crippen LogP contribution in [0, 0.1) is 0 Å². The molecule has 0 aliphatic carbocycles. The van der Waals surface area contributed by atoms with Crippen LogP contribution in [0.5, 0.6) is 5.75 Å². The van der Waals surface area contributed by atoms with E-state index in [0.29, 0.717) is 15.6 Å². The van der Waals surface area contributed by atoms with Gasteiger partial charge in [0.15, 0.2) is 0 Å². The molecule has 0 radical (unpaired) electrons. The topological polar surface area (TPSA) is 66.8 Å². The van der Waals surface area contributed by atoms with E-state index in [4.69, 9.17) is 27.9 Å². The highest BCUT2D eigenvalue weighted by Crippen LogP contribution is 2.36. The van der Waals surface area contributed by atoms with E-state index in [1.165, 1.54) is 4.90 Å². The smallest absolute Gasteiger partial charge is 0.323 e. The van der Waals surface area contributed by atoms with Gasteiger partial charge in [0, 0.05) is 28.6 Å². The monoisotopic (exact) mass is 497 g/mol. The van der Waals surface area contributed by atoms with E-state index in [2.05, 4.69) is 6.92 Å². The number of hydrogen-bond acceptors (Lipinski definition) is 3. The summed E-state index contributed by atoms with van der Waals surface area (Å²) in [6, 6.07) is 20.1. The Morgan fingerprint density at radius 3 is 2.47 bits per heavy atom. The fourth-order valence-corrected chi connectivity index (χ4v) is 4.62. The molecular formula is C27H25Cl2NO4. The number of carbonyl (C=O) groups excluding carboxylic acids is 1. The lowest BCUT2D eigenvalue weighted by molar-refractivity contribution is -0.137. The number of halogens is 2. The van der Waals surface area contributed by atoms with Gasteiger partial charge in [0.05, 0.1) is 0 Å². The van der Waals surface area contributed by atoms with Crippen molar-refractivity contribution in [2.45, 2.75) is 38.3 Å². The Hall–Kier alpha value is -3.02. The minimum atomic E-state index is -1.07. The van der Waals surface area contributed by atoms with Gasteiger partial charge in [-0.05, 0) is 78.9 Å². The summed E-state index contributed by atoms with van der Waals surface area (Å²) in [5.74, 6) is -0.673. The SMILES string of the molecule is C[C@]1(Cc2ccc(Cl)cc2)CCc2cc(C(=O)N(CC(=O)O)Cc3cccc(Cl)c3)ccc2O1. The molecule has 3 aromatic carbocycles. The molecule has 5 nitrogen and oxygen atoms in total. The molecule has 0 saturated carbocycles. The van der Waals surface area contributed by atoms with Crippen molar-refractivity contribution in [1.29, 1.82) is 0 Å². The summed E-state index contributed by atoms with van der Waals surface area (Å²) in [4.78, 5) is 26.0. The zero-order chi connectivity index (χ0) is 24.3. The summed E-state index contributed by atoms with van der Waals surface area (Å²) in [5, 5.41) is 10.6. The van der Waals surface area contributed by atoms with Crippen molar-refractivity contribution >= 4 is 35.1 Å². The van der Waals surface area contributed by atoms with Crippen molar-refractivity contribution in [1.82, 2.24) is 4.90 Å². The molecule has 7 heteroatoms. The van der Waals surface area contributed by atoms with Gasteiger partial charge in [-0.1, -0.05) is 47.5 Å². The predicted molar refractivity (Wildman–Crippen MR) is 133 cm³/mol. The molecule has 34 heavy (non-hydrogen) atoms. The van der Waals surface area contributed by atoms with Crippen molar-refractivity contribution in [3.05, 3.63) is 99.0 Å². The quantitative estimate of drug-likeness (QED) is 0.431. The maximum Gasteiger partial charge on any atom is 0.323 e. The van der Waals surface area contributed by atoms with E-state index in [9.17, 15) is 14.7 Å². The minimum Gasteiger partial charge on any atom is -0.487 e. The number of aliphatic carboxylic acids is 1. The van der Waals surface area contributed by atoms with E-state index in [1.54, 1.807) is 30.3 Å². The molecule has 1 atom stereocenters. The number of fused-ring (bicyclic) bond motifs is 1. The van der Waals surface area contributed by atoms with E-state index < -0.39 is 12.5 Å². The molecule has 0 aromatic heterocycles. The van der Waals surface area contributed by atoms with Crippen LogP contribution in [0.1, 0.15) is 40.4 Å². The lowest BCUT2D eigenvalue weighted by Crippen LogP contribution is -2.39. The molecule has 176 valence electrons. The Morgan fingerprint density at radius 1 is 1.00 bits per heavy atom. The lowest BCUT2D eigenvalue weighted by Gasteiger charge is -2.36. The lowest BCUT2D eigenvalue weighted by atomic mass is 9.87. The Kier molecular flexibility index (Phi) is 7.15. The maximum absolute atomic E-state index is 13.2. The zero-order valence-electron chi connectivity index (χ0n) is 18.8. The zero-order valence-corrected chi connectivity index (χ0v) is 20.3. The summed E-state index contributed by atoms with van der Waals surface area (Å²) < 4.78 is 6.36. The molecule has 0 bridgehead atoms. The molecule has 0 saturated heterocycles. The molecule has 0 spiro atoms. The first-order chi connectivity index (χ1) is 16.2. The highest BCUT2D eigenvalue weighted by atomic mass is 35.5. The summed E-state index contributed by atoms with van der Waals surface area (Å²) >= 11 is 12.0. The Labute approximate surface area is 208 Å². The van der Waals surface area contributed by atoms with Crippen molar-refractivity contribution in [2.24, 2.45) is 0 Å². The van der Waals surface area contributed by atoms with Crippen LogP contribution >= 0.6 is 23.2 Å². The molecule has 0 fully saturated rings. The molecule has 1 aliphatic rings. The number of carboxylic acid groups (broad SMARTS) is 1. The second-order valence-electron chi connectivity index (χ2n) is 8.86. The number of rotatable bonds is 7. The summed E-state index contributed by atoms with van der Waals surface area (Å²) in [6.07, 6.45) is 2.30. The molecule has 1 N–H and O–H groups in total. The number of benzene rings is 3. The summed E-state index contributed by atoms with van der Waals surface area (Å²) in [5.41, 5.74) is 2.92. The molecule has 1 amide bonds. The Balaban J connectivity index is 1.51. The van der Waals surface area contributed by atoms with Gasteiger partial charge in [-0.3, -0.25) is 9.59 Å². The van der Waals surface area contributed by atoms with Crippen LogP contribution in [0.3, 0.4) is 0 Å². The number of ether oxygens (including phenoxy) is 1. The van der Waals surface area contributed by atoms with Crippen LogP contribution in [-0.2, 0) is 24.2 Å². The standard InChI is InChI=1S/C27H25Cl2NO4/c1-27(15-18-5-8-22(28)9-6-18)12-11-20-14-21(7-10-24(20)34-27)26(33)30(17-25(31)32)16-19-3-2-4-23(29)13-19/h2-10,13-14H,11-12,15-17H2,1H3,(H,31,32)/t27-/m1/s1. The average molecular weight is 498 g/mol. The third kappa shape index (κ3) is 5.91. The molecule has 0 unspecified atom stereocenters. The summed E-state index contributed by atoms with van der Waals surface area (Å²) in [7, 11) is 0. The van der Waals surface area contributed by atoms with Gasteiger partial charge in [0.2, 0.25) is 0 Å². The van der Waals surface area contributed by atoms with E-state index >= 15 is 0 Å². The Bertz CT molecular complexity index is 1210. The van der Waals surface area contributed by atoms with E-state index in [1.807, 2.05) is 36.4 Å². The molecule has 4 rings (SSSR count). The molecule has 3 aromatic rings. The molecular weight excluding hydrogens is 473 g/mol. The third-order valence-corrected chi connectivity index (χ3v) is 6.44. The van der Waals surface area contributed by atoms with Crippen LogP contribution in [-0.4, -0.2) is 34.0 Å². The van der Waals surface area contributed by atoms with Gasteiger partial charge in [-0.2, -0.15) is 0 Å². The highest BCUT2D eigenvalue weighted by Gasteiger charge is 2.32. The van der Waals surface area contributed by atoms with E-state index in [-0.39, 0.29) is 18.1 Å². The van der Waals surface area contributed by atoms with Gasteiger partial charge in [-0.25, -0.2) is 0 Å². The second-order valence-corrected chi connectivity index (χ2v) is 9.74. The normalized spacial score (nSPS) is 16.9. The number of hydrogen-bond donors (Lipinski definition) is 1. The number of carboxylic acids is 1. The fraction of sp³-hybridized carbons (Fsp3) is 0.259. The predicted octanol–water partition coefficient (Wildman–Crippen LogP) is 6.05. The van der Waals surface area contributed by atoms with Crippen LogP contribution in [0.25, 0.3) is 0 Å². The first-order valence-electron chi connectivity index (χ1n) is 11.0. The molecule has 1 aliphatic heterocycles. The van der Waals surface area contributed by atoms with Crippen molar-refractivity contribution in [3.8, 4) is 5.75 Å². The second kappa shape index (κ2) is 10.1. The average Bonchev–Trinajstić information content (AvgIpc) is 2.79. The van der Waals surface area contributed by atoms with Gasteiger partial charge >= 0.3 is 5.97 Å². The van der Waals surface area contributed by atoms with Crippen molar-refractivity contribution < 1.29 is 19.4 Å². The Morgan fingerprint density at radius 2 is 1.76 bits per heavy atom. The highest BCUT2D eigenvalue weighted by molar-refractivity contribution is 6.30. The van der Waals surface area contributed by atoms with Crippen LogP contribution < -0.4 is 4.74 Å². The first kappa shape index (κ1) is 24.1. The van der Waals surface area contributed by atoms with E-state index in [0.717, 1.165) is 41.7 Å². The van der Waals surface area contributed by atoms with Crippen molar-refractivity contribution in [3.63, 3.8) is 0 Å². The van der Waals surface area contributed by atoms with Crippen LogP contribution in [0.4, 0.5) is 0 Å². The third-order valence-electron chi connectivity index (χ3n) is 5.95. The fourth-order valence-electron chi connectivity index (χ4n) is 4.28. The van der Waals surface area contributed by atoms with Gasteiger partial charge in [0.1, 0.15) is 17.9 Å². The van der Waals surface area contributed by atoms with Gasteiger partial charge < -0.3 is 14.7 Å². The van der Waals surface area contributed by atoms with Crippen LogP contribution in [0.15, 0.2) is 66.7 Å². The number of amides is 1. The number of carbonyl (C=O) groups is 2. The first-order valence-corrected chi connectivity index (χ1v) is 11.8. The number of nitrogens with zero attached hydrogens (tertiary/aromatic N) is 1. The summed E-state index contributed by atoms with van der Waals surface area (Å²) in [6.45, 7) is 1.83. The van der Waals surface area contributed by atoms with Gasteiger partial charge in [-0.15, -0.1) is 0 Å². The van der Waals surface area contributed by atoms with Gasteiger partial charge in [0.25, 0.3) is 5.91 Å². The molecule has 1 heterocycles. The van der Waals surface area contributed by atoms with Crippen molar-refractivity contribution in [2.75, 3.05) is 6.54 Å². The minimum absolute atomic E-state index is 0.151. The number of aryl methyl sites for hydroxylation is 1. The largest absolute Gasteiger partial charge is 0.487 e. The van der Waals surface area contributed by atoms with Crippen LogP contribution in [0.2, 0.25) is 10.0 Å².